The van der Waals surface area contributed by atoms with Gasteiger partial charge < -0.3 is 10.3 Å². The first-order chi connectivity index (χ1) is 12.3. The molecule has 0 aliphatic heterocycles. The Morgan fingerprint density at radius 3 is 2.58 bits per heavy atom. The van der Waals surface area contributed by atoms with E-state index in [2.05, 4.69) is 47.8 Å². The third-order valence-electron chi connectivity index (χ3n) is 4.71. The Bertz CT molecular complexity index is 895. The van der Waals surface area contributed by atoms with Gasteiger partial charge in [0.05, 0.1) is 0 Å². The van der Waals surface area contributed by atoms with Crippen molar-refractivity contribution in [3.05, 3.63) is 65.1 Å². The summed E-state index contributed by atoms with van der Waals surface area (Å²) in [4.78, 5) is 3.53. The molecule has 0 radical (unpaired) electrons. The van der Waals surface area contributed by atoms with Crippen molar-refractivity contribution < 1.29 is 13.2 Å². The fourth-order valence-electron chi connectivity index (χ4n) is 3.13. The largest absolute Gasteiger partial charge is 0.433 e. The number of aryl methyl sites for hydroxylation is 3. The molecule has 2 N–H and O–H groups in total. The standard InChI is InChI=1S/C20H22F3N3/c1-13-3-5-18-16(9-13)17(14(2)10-24)12-26(18)8-7-15-4-6-19(25-11-15)20(21,22)23/h3-6,9,11-12,14H,7-8,10,24H2,1-2H3. The summed E-state index contributed by atoms with van der Waals surface area (Å²) in [6.07, 6.45) is -0.374. The summed E-state index contributed by atoms with van der Waals surface area (Å²) >= 11 is 0. The van der Waals surface area contributed by atoms with E-state index in [1.54, 1.807) is 0 Å². The van der Waals surface area contributed by atoms with E-state index in [0.717, 1.165) is 17.1 Å². The quantitative estimate of drug-likeness (QED) is 0.718. The van der Waals surface area contributed by atoms with Crippen molar-refractivity contribution >= 4 is 10.9 Å². The maximum absolute atomic E-state index is 12.6. The zero-order chi connectivity index (χ0) is 18.9. The van der Waals surface area contributed by atoms with Crippen molar-refractivity contribution in [3.8, 4) is 0 Å². The second-order valence-electron chi connectivity index (χ2n) is 6.73. The lowest BCUT2D eigenvalue weighted by atomic mass is 10.00. The highest BCUT2D eigenvalue weighted by Crippen LogP contribution is 2.29. The van der Waals surface area contributed by atoms with Gasteiger partial charge in [0, 0.05) is 29.8 Å². The van der Waals surface area contributed by atoms with Crippen LogP contribution in [0, 0.1) is 6.92 Å². The van der Waals surface area contributed by atoms with Crippen LogP contribution in [0.25, 0.3) is 10.9 Å². The minimum absolute atomic E-state index is 0.244. The zero-order valence-electron chi connectivity index (χ0n) is 14.8. The van der Waals surface area contributed by atoms with Gasteiger partial charge >= 0.3 is 6.18 Å². The van der Waals surface area contributed by atoms with Crippen molar-refractivity contribution in [2.45, 2.75) is 38.9 Å². The Hall–Kier alpha value is -2.34. The molecule has 0 saturated heterocycles. The Balaban J connectivity index is 1.85. The third-order valence-corrected chi connectivity index (χ3v) is 4.71. The van der Waals surface area contributed by atoms with Gasteiger partial charge in [-0.15, -0.1) is 0 Å². The van der Waals surface area contributed by atoms with Gasteiger partial charge in [0.2, 0.25) is 0 Å². The Kier molecular flexibility index (Phi) is 5.05. The first kappa shape index (κ1) is 18.5. The van der Waals surface area contributed by atoms with Crippen LogP contribution in [0.2, 0.25) is 0 Å². The summed E-state index contributed by atoms with van der Waals surface area (Å²) in [6, 6.07) is 8.84. The van der Waals surface area contributed by atoms with Crippen molar-refractivity contribution in [1.82, 2.24) is 9.55 Å². The van der Waals surface area contributed by atoms with E-state index in [9.17, 15) is 13.2 Å². The van der Waals surface area contributed by atoms with Crippen LogP contribution in [0.1, 0.15) is 35.2 Å². The van der Waals surface area contributed by atoms with Gasteiger partial charge in [-0.2, -0.15) is 13.2 Å². The van der Waals surface area contributed by atoms with Crippen LogP contribution in [-0.2, 0) is 19.1 Å². The first-order valence-corrected chi connectivity index (χ1v) is 8.61. The van der Waals surface area contributed by atoms with Gasteiger partial charge in [-0.25, -0.2) is 0 Å². The molecule has 138 valence electrons. The molecule has 0 saturated carbocycles. The van der Waals surface area contributed by atoms with Gasteiger partial charge in [0.15, 0.2) is 0 Å². The number of benzene rings is 1. The molecule has 1 unspecified atom stereocenters. The number of hydrogen-bond acceptors (Lipinski definition) is 2. The van der Waals surface area contributed by atoms with Crippen LogP contribution in [0.4, 0.5) is 13.2 Å². The smallest absolute Gasteiger partial charge is 0.347 e. The van der Waals surface area contributed by atoms with E-state index in [0.29, 0.717) is 19.5 Å². The molecule has 0 bridgehead atoms. The van der Waals surface area contributed by atoms with Crippen LogP contribution >= 0.6 is 0 Å². The molecule has 0 aliphatic carbocycles. The number of nitrogens with zero attached hydrogens (tertiary/aromatic N) is 2. The highest BCUT2D eigenvalue weighted by atomic mass is 19.4. The lowest BCUT2D eigenvalue weighted by Crippen LogP contribution is -2.09. The van der Waals surface area contributed by atoms with E-state index in [-0.39, 0.29) is 5.92 Å². The van der Waals surface area contributed by atoms with E-state index >= 15 is 0 Å². The number of fused-ring (bicyclic) bond motifs is 1. The van der Waals surface area contributed by atoms with Gasteiger partial charge in [-0.3, -0.25) is 4.98 Å². The number of pyridine rings is 1. The van der Waals surface area contributed by atoms with Gasteiger partial charge in [0.25, 0.3) is 0 Å². The average molecular weight is 361 g/mol. The number of nitrogens with two attached hydrogens (primary N) is 1. The number of aromatic nitrogens is 2. The van der Waals surface area contributed by atoms with Gasteiger partial charge in [0.1, 0.15) is 5.69 Å². The first-order valence-electron chi connectivity index (χ1n) is 8.61. The second-order valence-corrected chi connectivity index (χ2v) is 6.73. The number of hydrogen-bond donors (Lipinski definition) is 1. The molecule has 6 heteroatoms. The molecule has 1 aromatic carbocycles. The lowest BCUT2D eigenvalue weighted by Gasteiger charge is -2.08. The van der Waals surface area contributed by atoms with Crippen LogP contribution in [0.5, 0.6) is 0 Å². The molecular weight excluding hydrogens is 339 g/mol. The van der Waals surface area contributed by atoms with Crippen LogP contribution in [0.3, 0.4) is 0 Å². The van der Waals surface area contributed by atoms with Crippen LogP contribution < -0.4 is 5.73 Å². The normalized spacial score (nSPS) is 13.3. The monoisotopic (exact) mass is 361 g/mol. The second kappa shape index (κ2) is 7.11. The Morgan fingerprint density at radius 1 is 1.19 bits per heavy atom. The molecular formula is C20H22F3N3. The topological polar surface area (TPSA) is 43.8 Å². The van der Waals surface area contributed by atoms with Crippen LogP contribution in [-0.4, -0.2) is 16.1 Å². The summed E-state index contributed by atoms with van der Waals surface area (Å²) in [5.41, 5.74) is 9.28. The summed E-state index contributed by atoms with van der Waals surface area (Å²) in [5, 5.41) is 1.19. The van der Waals surface area contributed by atoms with E-state index < -0.39 is 11.9 Å². The zero-order valence-corrected chi connectivity index (χ0v) is 14.8. The number of rotatable bonds is 5. The number of halogens is 3. The molecule has 0 amide bonds. The molecule has 0 fully saturated rings. The molecule has 26 heavy (non-hydrogen) atoms. The van der Waals surface area contributed by atoms with Crippen LogP contribution in [0.15, 0.2) is 42.7 Å². The summed E-state index contributed by atoms with van der Waals surface area (Å²) in [7, 11) is 0. The summed E-state index contributed by atoms with van der Waals surface area (Å²) in [6.45, 7) is 5.39. The van der Waals surface area contributed by atoms with Crippen molar-refractivity contribution in [2.75, 3.05) is 6.54 Å². The Labute approximate surface area is 150 Å². The minimum Gasteiger partial charge on any atom is -0.347 e. The fourth-order valence-corrected chi connectivity index (χ4v) is 3.13. The molecule has 0 spiro atoms. The molecule has 3 rings (SSSR count). The highest BCUT2D eigenvalue weighted by molar-refractivity contribution is 5.85. The predicted octanol–water partition coefficient (Wildman–Crippen LogP) is 4.67. The maximum Gasteiger partial charge on any atom is 0.433 e. The minimum atomic E-state index is -4.40. The van der Waals surface area contributed by atoms with E-state index in [4.69, 9.17) is 5.73 Å². The molecule has 2 aromatic heterocycles. The molecule has 3 nitrogen and oxygen atoms in total. The molecule has 3 aromatic rings. The highest BCUT2D eigenvalue weighted by Gasteiger charge is 2.31. The van der Waals surface area contributed by atoms with Crippen molar-refractivity contribution in [1.29, 1.82) is 0 Å². The third kappa shape index (κ3) is 3.75. The average Bonchev–Trinajstić information content (AvgIpc) is 2.96. The summed E-state index contributed by atoms with van der Waals surface area (Å²) in [5.74, 6) is 0.244. The van der Waals surface area contributed by atoms with Crippen molar-refractivity contribution in [3.63, 3.8) is 0 Å². The van der Waals surface area contributed by atoms with Crippen molar-refractivity contribution in [2.24, 2.45) is 5.73 Å². The lowest BCUT2D eigenvalue weighted by molar-refractivity contribution is -0.141. The van der Waals surface area contributed by atoms with Gasteiger partial charge in [-0.05, 0) is 55.1 Å². The van der Waals surface area contributed by atoms with E-state index in [1.807, 2.05) is 0 Å². The van der Waals surface area contributed by atoms with E-state index in [1.165, 1.54) is 28.8 Å². The van der Waals surface area contributed by atoms with Gasteiger partial charge in [-0.1, -0.05) is 24.6 Å². The molecule has 2 heterocycles. The maximum atomic E-state index is 12.6. The fraction of sp³-hybridized carbons (Fsp3) is 0.350. The number of alkyl halides is 3. The molecule has 1 atom stereocenters. The summed E-state index contributed by atoms with van der Waals surface area (Å²) < 4.78 is 40.0. The Morgan fingerprint density at radius 2 is 1.96 bits per heavy atom. The predicted molar refractivity (Wildman–Crippen MR) is 97.1 cm³/mol. The SMILES string of the molecule is Cc1ccc2c(c1)c(C(C)CN)cn2CCc1ccc(C(F)(F)F)nc1. The molecule has 0 aliphatic rings.